The molecule has 0 aliphatic carbocycles. The van der Waals surface area contributed by atoms with E-state index in [4.69, 9.17) is 4.74 Å². The molecule has 0 unspecified atom stereocenters. The van der Waals surface area contributed by atoms with E-state index in [-0.39, 0.29) is 11.7 Å². The molecule has 1 amide bonds. The third-order valence-electron chi connectivity index (χ3n) is 2.17. The third kappa shape index (κ3) is 2.95. The lowest BCUT2D eigenvalue weighted by Gasteiger charge is -2.15. The lowest BCUT2D eigenvalue weighted by Crippen LogP contribution is -2.28. The van der Waals surface area contributed by atoms with Gasteiger partial charge in [0.15, 0.2) is 11.6 Å². The molecule has 16 heavy (non-hydrogen) atoms. The molecule has 88 valence electrons. The van der Waals surface area contributed by atoms with Crippen molar-refractivity contribution in [3.05, 3.63) is 29.6 Å². The predicted octanol–water partition coefficient (Wildman–Crippen LogP) is 2.30. The van der Waals surface area contributed by atoms with Crippen LogP contribution in [0.4, 0.5) is 4.39 Å². The smallest absolute Gasteiger partial charge is 0.253 e. The quantitative estimate of drug-likeness (QED) is 0.796. The van der Waals surface area contributed by atoms with Crippen molar-refractivity contribution < 1.29 is 13.9 Å². The molecule has 0 saturated carbocycles. The molecule has 0 heterocycles. The molecular weight excluding hydrogens is 277 g/mol. The Morgan fingerprint density at radius 3 is 2.75 bits per heavy atom. The van der Waals surface area contributed by atoms with Crippen LogP contribution in [0.1, 0.15) is 10.4 Å². The maximum atomic E-state index is 13.4. The summed E-state index contributed by atoms with van der Waals surface area (Å²) < 4.78 is 18.1. The third-order valence-corrected chi connectivity index (χ3v) is 2.52. The molecule has 3 nitrogen and oxygen atoms in total. The maximum Gasteiger partial charge on any atom is 0.253 e. The van der Waals surface area contributed by atoms with E-state index in [9.17, 15) is 9.18 Å². The van der Waals surface area contributed by atoms with E-state index in [1.54, 1.807) is 13.1 Å². The molecule has 0 aliphatic rings. The van der Waals surface area contributed by atoms with Crippen molar-refractivity contribution in [2.24, 2.45) is 0 Å². The number of amides is 1. The molecule has 0 saturated heterocycles. The number of nitrogens with zero attached hydrogens (tertiary/aromatic N) is 1. The number of alkyl halides is 1. The van der Waals surface area contributed by atoms with Crippen LogP contribution in [0.15, 0.2) is 18.2 Å². The van der Waals surface area contributed by atoms with E-state index in [1.807, 2.05) is 0 Å². The molecule has 0 radical (unpaired) electrons. The van der Waals surface area contributed by atoms with Gasteiger partial charge in [0.25, 0.3) is 5.91 Å². The minimum atomic E-state index is -0.527. The zero-order valence-corrected chi connectivity index (χ0v) is 10.8. The Labute approximate surface area is 102 Å². The molecule has 0 fully saturated rings. The summed E-state index contributed by atoms with van der Waals surface area (Å²) in [5, 5.41) is 0.688. The number of rotatable bonds is 4. The first-order chi connectivity index (χ1) is 7.60. The van der Waals surface area contributed by atoms with E-state index < -0.39 is 5.82 Å². The fourth-order valence-electron chi connectivity index (χ4n) is 1.25. The van der Waals surface area contributed by atoms with Crippen molar-refractivity contribution >= 4 is 21.8 Å². The molecule has 0 N–H and O–H groups in total. The van der Waals surface area contributed by atoms with Crippen molar-refractivity contribution in [2.75, 3.05) is 26.0 Å². The van der Waals surface area contributed by atoms with Crippen molar-refractivity contribution in [1.82, 2.24) is 4.90 Å². The highest BCUT2D eigenvalue weighted by Gasteiger charge is 2.13. The summed E-state index contributed by atoms with van der Waals surface area (Å²) >= 11 is 3.24. The minimum Gasteiger partial charge on any atom is -0.494 e. The van der Waals surface area contributed by atoms with Crippen LogP contribution in [0.2, 0.25) is 0 Å². The van der Waals surface area contributed by atoms with E-state index in [2.05, 4.69) is 15.9 Å². The predicted molar refractivity (Wildman–Crippen MR) is 63.7 cm³/mol. The second-order valence-corrected chi connectivity index (χ2v) is 4.06. The summed E-state index contributed by atoms with van der Waals surface area (Å²) in [7, 11) is 3.06. The molecule has 5 heteroatoms. The fraction of sp³-hybridized carbons (Fsp3) is 0.364. The Morgan fingerprint density at radius 2 is 2.25 bits per heavy atom. The fourth-order valence-corrected chi connectivity index (χ4v) is 1.78. The number of halogens is 2. The van der Waals surface area contributed by atoms with Gasteiger partial charge in [-0.05, 0) is 18.2 Å². The molecule has 0 spiro atoms. The normalized spacial score (nSPS) is 10.0. The molecule has 1 aromatic carbocycles. The van der Waals surface area contributed by atoms with Gasteiger partial charge in [-0.25, -0.2) is 4.39 Å². The van der Waals surface area contributed by atoms with Crippen LogP contribution in [0.3, 0.4) is 0 Å². The first kappa shape index (κ1) is 13.0. The number of benzene rings is 1. The summed E-state index contributed by atoms with van der Waals surface area (Å²) in [4.78, 5) is 13.3. The summed E-state index contributed by atoms with van der Waals surface area (Å²) in [5.41, 5.74) is 0.321. The van der Waals surface area contributed by atoms with Crippen molar-refractivity contribution in [3.63, 3.8) is 0 Å². The number of ether oxygens (including phenoxy) is 1. The van der Waals surface area contributed by atoms with Gasteiger partial charge in [0, 0.05) is 24.5 Å². The summed E-state index contributed by atoms with van der Waals surface area (Å²) in [6, 6.07) is 4.19. The van der Waals surface area contributed by atoms with Gasteiger partial charge in [-0.3, -0.25) is 4.79 Å². The Morgan fingerprint density at radius 1 is 1.56 bits per heavy atom. The molecular formula is C11H13BrFNO2. The van der Waals surface area contributed by atoms with Gasteiger partial charge in [0.1, 0.15) is 0 Å². The minimum absolute atomic E-state index is 0.139. The standard InChI is InChI=1S/C11H13BrFNO2/c1-14(6-5-12)11(15)8-3-4-10(16-2)9(13)7-8/h3-4,7H,5-6H2,1-2H3. The molecule has 1 aromatic rings. The first-order valence-corrected chi connectivity index (χ1v) is 5.87. The van der Waals surface area contributed by atoms with Crippen molar-refractivity contribution in [2.45, 2.75) is 0 Å². The first-order valence-electron chi connectivity index (χ1n) is 4.75. The van der Waals surface area contributed by atoms with Crippen LogP contribution in [0, 0.1) is 5.82 Å². The van der Waals surface area contributed by atoms with Crippen molar-refractivity contribution in [1.29, 1.82) is 0 Å². The molecule has 0 aliphatic heterocycles. The van der Waals surface area contributed by atoms with Gasteiger partial charge in [0.2, 0.25) is 0 Å². The molecule has 0 bridgehead atoms. The molecule has 0 atom stereocenters. The highest BCUT2D eigenvalue weighted by molar-refractivity contribution is 9.09. The highest BCUT2D eigenvalue weighted by atomic mass is 79.9. The maximum absolute atomic E-state index is 13.4. The largest absolute Gasteiger partial charge is 0.494 e. The topological polar surface area (TPSA) is 29.5 Å². The van der Waals surface area contributed by atoms with E-state index >= 15 is 0 Å². The van der Waals surface area contributed by atoms with Gasteiger partial charge in [-0.1, -0.05) is 15.9 Å². The van der Waals surface area contributed by atoms with E-state index in [0.717, 1.165) is 0 Å². The molecule has 0 aromatic heterocycles. The van der Waals surface area contributed by atoms with Crippen LogP contribution < -0.4 is 4.74 Å². The van der Waals surface area contributed by atoms with Gasteiger partial charge >= 0.3 is 0 Å². The number of carbonyl (C=O) groups is 1. The summed E-state index contributed by atoms with van der Waals surface area (Å²) in [6.07, 6.45) is 0. The van der Waals surface area contributed by atoms with Gasteiger partial charge in [-0.15, -0.1) is 0 Å². The highest BCUT2D eigenvalue weighted by Crippen LogP contribution is 2.18. The summed E-state index contributed by atoms with van der Waals surface area (Å²) in [5.74, 6) is -0.596. The average Bonchev–Trinajstić information content (AvgIpc) is 2.28. The van der Waals surface area contributed by atoms with Crippen LogP contribution >= 0.6 is 15.9 Å². The van der Waals surface area contributed by atoms with Crippen LogP contribution in [0.25, 0.3) is 0 Å². The number of carbonyl (C=O) groups excluding carboxylic acids is 1. The second kappa shape index (κ2) is 5.84. The van der Waals surface area contributed by atoms with E-state index in [0.29, 0.717) is 17.4 Å². The summed E-state index contributed by atoms with van der Waals surface area (Å²) in [6.45, 7) is 0.576. The average molecular weight is 290 g/mol. The van der Waals surface area contributed by atoms with Crippen molar-refractivity contribution in [3.8, 4) is 5.75 Å². The number of hydrogen-bond acceptors (Lipinski definition) is 2. The van der Waals surface area contributed by atoms with Gasteiger partial charge < -0.3 is 9.64 Å². The lowest BCUT2D eigenvalue weighted by molar-refractivity contribution is 0.0803. The Bertz CT molecular complexity index is 384. The monoisotopic (exact) mass is 289 g/mol. The second-order valence-electron chi connectivity index (χ2n) is 3.27. The van der Waals surface area contributed by atoms with Gasteiger partial charge in [-0.2, -0.15) is 0 Å². The zero-order chi connectivity index (χ0) is 12.1. The number of methoxy groups -OCH3 is 1. The Balaban J connectivity index is 2.88. The molecule has 1 rings (SSSR count). The van der Waals surface area contributed by atoms with Crippen LogP contribution in [0.5, 0.6) is 5.75 Å². The Hall–Kier alpha value is -1.10. The van der Waals surface area contributed by atoms with E-state index in [1.165, 1.54) is 24.1 Å². The Kier molecular flexibility index (Phi) is 4.73. The van der Waals surface area contributed by atoms with Crippen LogP contribution in [-0.2, 0) is 0 Å². The van der Waals surface area contributed by atoms with Gasteiger partial charge in [0.05, 0.1) is 7.11 Å². The number of hydrogen-bond donors (Lipinski definition) is 0. The lowest BCUT2D eigenvalue weighted by atomic mass is 10.2. The van der Waals surface area contributed by atoms with Crippen LogP contribution in [-0.4, -0.2) is 36.8 Å². The zero-order valence-electron chi connectivity index (χ0n) is 9.17. The SMILES string of the molecule is COc1ccc(C(=O)N(C)CCBr)cc1F.